The molecule has 0 bridgehead atoms. The predicted octanol–water partition coefficient (Wildman–Crippen LogP) is 1.76. The van der Waals surface area contributed by atoms with Crippen LogP contribution in [0.3, 0.4) is 0 Å². The minimum absolute atomic E-state index is 0.361. The van der Waals surface area contributed by atoms with Crippen molar-refractivity contribution in [1.82, 2.24) is 9.97 Å². The van der Waals surface area contributed by atoms with Crippen molar-refractivity contribution in [3.8, 4) is 6.07 Å². The van der Waals surface area contributed by atoms with Crippen LogP contribution in [0.5, 0.6) is 0 Å². The van der Waals surface area contributed by atoms with E-state index in [2.05, 4.69) is 16.0 Å². The van der Waals surface area contributed by atoms with Crippen LogP contribution in [0.4, 0.5) is 0 Å². The minimum Gasteiger partial charge on any atom is -0.239 e. The molecule has 0 unspecified atom stereocenters. The maximum atomic E-state index is 8.51. The highest BCUT2D eigenvalue weighted by Crippen LogP contribution is 2.20. The molecule has 58 valence electrons. The van der Waals surface area contributed by atoms with E-state index in [4.69, 9.17) is 5.26 Å². The van der Waals surface area contributed by atoms with E-state index in [9.17, 15) is 0 Å². The Bertz CT molecular complexity index is 441. The van der Waals surface area contributed by atoms with Gasteiger partial charge in [0.15, 0.2) is 0 Å². The number of rotatable bonds is 1. The Kier molecular flexibility index (Phi) is 1.72. The number of nitriles is 1. The molecule has 0 fully saturated rings. The van der Waals surface area contributed by atoms with Gasteiger partial charge in [-0.15, -0.1) is 11.3 Å². The van der Waals surface area contributed by atoms with Gasteiger partial charge in [0, 0.05) is 0 Å². The maximum Gasteiger partial charge on any atom is 0.116 e. The van der Waals surface area contributed by atoms with Crippen molar-refractivity contribution in [2.24, 2.45) is 0 Å². The first-order chi connectivity index (χ1) is 5.92. The number of hydrogen-bond donors (Lipinski definition) is 0. The van der Waals surface area contributed by atoms with Gasteiger partial charge >= 0.3 is 0 Å². The molecule has 12 heavy (non-hydrogen) atoms. The van der Waals surface area contributed by atoms with Crippen molar-refractivity contribution >= 4 is 21.6 Å². The van der Waals surface area contributed by atoms with Crippen LogP contribution in [0.15, 0.2) is 17.8 Å². The quantitative estimate of drug-likeness (QED) is 0.663. The van der Waals surface area contributed by atoms with E-state index >= 15 is 0 Å². The van der Waals surface area contributed by atoms with Gasteiger partial charge in [-0.2, -0.15) is 5.26 Å². The molecule has 0 saturated carbocycles. The van der Waals surface area contributed by atoms with E-state index in [1.807, 2.05) is 11.4 Å². The molecular formula is C8H5N3S. The van der Waals surface area contributed by atoms with Gasteiger partial charge in [0.2, 0.25) is 0 Å². The van der Waals surface area contributed by atoms with Crippen molar-refractivity contribution in [1.29, 1.82) is 5.26 Å². The van der Waals surface area contributed by atoms with Gasteiger partial charge in [0.05, 0.1) is 28.4 Å². The first kappa shape index (κ1) is 7.19. The molecule has 2 heterocycles. The van der Waals surface area contributed by atoms with E-state index in [1.54, 1.807) is 11.3 Å². The van der Waals surface area contributed by atoms with Crippen molar-refractivity contribution in [2.45, 2.75) is 6.42 Å². The molecule has 0 spiro atoms. The van der Waals surface area contributed by atoms with Crippen molar-refractivity contribution in [3.63, 3.8) is 0 Å². The van der Waals surface area contributed by atoms with Crippen LogP contribution in [0, 0.1) is 11.3 Å². The summed E-state index contributed by atoms with van der Waals surface area (Å²) in [7, 11) is 0. The van der Waals surface area contributed by atoms with Gasteiger partial charge in [-0.05, 0) is 11.4 Å². The molecule has 2 aromatic heterocycles. The van der Waals surface area contributed by atoms with Crippen molar-refractivity contribution in [3.05, 3.63) is 23.5 Å². The standard InChI is InChI=1S/C8H5N3S/c9-3-1-6-8-7(2-4-12-8)11-5-10-6/h2,4-5H,1H2. The summed E-state index contributed by atoms with van der Waals surface area (Å²) in [5, 5.41) is 10.5. The van der Waals surface area contributed by atoms with Gasteiger partial charge in [0.25, 0.3) is 0 Å². The summed E-state index contributed by atoms with van der Waals surface area (Å²) in [4.78, 5) is 8.12. The second-order valence-electron chi connectivity index (χ2n) is 2.29. The lowest BCUT2D eigenvalue weighted by Gasteiger charge is -1.93. The Hall–Kier alpha value is -1.47. The molecule has 4 heteroatoms. The van der Waals surface area contributed by atoms with E-state index in [0.717, 1.165) is 15.9 Å². The molecule has 2 rings (SSSR count). The van der Waals surface area contributed by atoms with Crippen LogP contribution in [0.1, 0.15) is 5.69 Å². The largest absolute Gasteiger partial charge is 0.239 e. The molecule has 0 aliphatic carbocycles. The van der Waals surface area contributed by atoms with Crippen LogP contribution in [-0.4, -0.2) is 9.97 Å². The maximum absolute atomic E-state index is 8.51. The average Bonchev–Trinajstić information content (AvgIpc) is 2.53. The Balaban J connectivity index is 2.67. The Labute approximate surface area is 73.3 Å². The zero-order chi connectivity index (χ0) is 8.39. The van der Waals surface area contributed by atoms with Gasteiger partial charge in [-0.1, -0.05) is 0 Å². The number of nitrogens with zero attached hydrogens (tertiary/aromatic N) is 3. The fourth-order valence-corrected chi connectivity index (χ4v) is 1.88. The van der Waals surface area contributed by atoms with E-state index < -0.39 is 0 Å². The fraction of sp³-hybridized carbons (Fsp3) is 0.125. The first-order valence-electron chi connectivity index (χ1n) is 3.46. The number of hydrogen-bond acceptors (Lipinski definition) is 4. The highest BCUT2D eigenvalue weighted by molar-refractivity contribution is 7.17. The fourth-order valence-electron chi connectivity index (χ4n) is 1.04. The van der Waals surface area contributed by atoms with E-state index in [1.165, 1.54) is 6.33 Å². The summed E-state index contributed by atoms with van der Waals surface area (Å²) in [5.41, 5.74) is 1.76. The molecule has 2 aromatic rings. The Morgan fingerprint density at radius 1 is 1.50 bits per heavy atom. The molecular weight excluding hydrogens is 170 g/mol. The van der Waals surface area contributed by atoms with Crippen LogP contribution < -0.4 is 0 Å². The lowest BCUT2D eigenvalue weighted by Crippen LogP contribution is -1.88. The zero-order valence-corrected chi connectivity index (χ0v) is 7.01. The van der Waals surface area contributed by atoms with Crippen molar-refractivity contribution < 1.29 is 0 Å². The smallest absolute Gasteiger partial charge is 0.116 e. The molecule has 0 N–H and O–H groups in total. The summed E-state index contributed by atoms with van der Waals surface area (Å²) >= 11 is 1.58. The van der Waals surface area contributed by atoms with E-state index in [0.29, 0.717) is 6.42 Å². The summed E-state index contributed by atoms with van der Waals surface area (Å²) < 4.78 is 1.03. The lowest BCUT2D eigenvalue weighted by atomic mass is 10.3. The summed E-state index contributed by atoms with van der Waals surface area (Å²) in [6.07, 6.45) is 1.86. The van der Waals surface area contributed by atoms with Gasteiger partial charge in [-0.25, -0.2) is 9.97 Å². The molecule has 0 saturated heterocycles. The Morgan fingerprint density at radius 3 is 3.25 bits per heavy atom. The van der Waals surface area contributed by atoms with Crippen LogP contribution in [0.2, 0.25) is 0 Å². The van der Waals surface area contributed by atoms with Gasteiger partial charge < -0.3 is 0 Å². The highest BCUT2D eigenvalue weighted by atomic mass is 32.1. The molecule has 0 aliphatic rings. The minimum atomic E-state index is 0.361. The lowest BCUT2D eigenvalue weighted by molar-refractivity contribution is 1.10. The van der Waals surface area contributed by atoms with Crippen LogP contribution >= 0.6 is 11.3 Å². The van der Waals surface area contributed by atoms with Crippen molar-refractivity contribution in [2.75, 3.05) is 0 Å². The third-order valence-electron chi connectivity index (χ3n) is 1.56. The number of aromatic nitrogens is 2. The molecule has 0 aliphatic heterocycles. The second kappa shape index (κ2) is 2.88. The Morgan fingerprint density at radius 2 is 2.42 bits per heavy atom. The number of thiophene rings is 1. The average molecular weight is 175 g/mol. The van der Waals surface area contributed by atoms with E-state index in [-0.39, 0.29) is 0 Å². The molecule has 0 radical (unpaired) electrons. The summed E-state index contributed by atoms with van der Waals surface area (Å²) in [6.45, 7) is 0. The molecule has 0 amide bonds. The zero-order valence-electron chi connectivity index (χ0n) is 6.19. The summed E-state index contributed by atoms with van der Waals surface area (Å²) in [6, 6.07) is 4.02. The molecule has 3 nitrogen and oxygen atoms in total. The first-order valence-corrected chi connectivity index (χ1v) is 4.34. The molecule has 0 aromatic carbocycles. The van der Waals surface area contributed by atoms with Gasteiger partial charge in [-0.3, -0.25) is 0 Å². The SMILES string of the molecule is N#CCc1ncnc2ccsc12. The second-order valence-corrected chi connectivity index (χ2v) is 3.21. The monoisotopic (exact) mass is 175 g/mol. The third kappa shape index (κ3) is 1.04. The normalized spacial score (nSPS) is 9.92. The topological polar surface area (TPSA) is 49.6 Å². The molecule has 0 atom stereocenters. The van der Waals surface area contributed by atoms with Crippen LogP contribution in [0.25, 0.3) is 10.2 Å². The van der Waals surface area contributed by atoms with Gasteiger partial charge in [0.1, 0.15) is 6.33 Å². The summed E-state index contributed by atoms with van der Waals surface area (Å²) in [5.74, 6) is 0. The van der Waals surface area contributed by atoms with Crippen LogP contribution in [-0.2, 0) is 6.42 Å². The third-order valence-corrected chi connectivity index (χ3v) is 2.52. The number of fused-ring (bicyclic) bond motifs is 1. The highest BCUT2D eigenvalue weighted by Gasteiger charge is 2.02. The predicted molar refractivity (Wildman–Crippen MR) is 46.7 cm³/mol.